The Labute approximate surface area is 188 Å². The number of hydrogen-bond acceptors (Lipinski definition) is 5. The van der Waals surface area contributed by atoms with Gasteiger partial charge in [-0.1, -0.05) is 18.2 Å². The highest BCUT2D eigenvalue weighted by atomic mass is 32.2. The monoisotopic (exact) mass is 459 g/mol. The molecule has 0 heterocycles. The van der Waals surface area contributed by atoms with Crippen LogP contribution in [0.1, 0.15) is 25.7 Å². The van der Waals surface area contributed by atoms with Crippen molar-refractivity contribution in [2.24, 2.45) is 11.8 Å². The van der Waals surface area contributed by atoms with E-state index < -0.39 is 10.0 Å². The summed E-state index contributed by atoms with van der Waals surface area (Å²) in [5.41, 5.74) is 0.628. The molecule has 8 nitrogen and oxygen atoms in total. The number of nitrogens with one attached hydrogen (secondary N) is 3. The molecule has 9 heteroatoms. The Morgan fingerprint density at radius 3 is 2.25 bits per heavy atom. The van der Waals surface area contributed by atoms with Crippen molar-refractivity contribution < 1.29 is 22.7 Å². The minimum absolute atomic E-state index is 0.0956. The number of hydrogen-bond donors (Lipinski definition) is 3. The Morgan fingerprint density at radius 2 is 1.62 bits per heavy atom. The highest BCUT2D eigenvalue weighted by molar-refractivity contribution is 7.89. The van der Waals surface area contributed by atoms with Crippen LogP contribution in [0.25, 0.3) is 0 Å². The maximum Gasteiger partial charge on any atom is 0.243 e. The van der Waals surface area contributed by atoms with E-state index in [1.807, 2.05) is 0 Å². The van der Waals surface area contributed by atoms with Crippen molar-refractivity contribution in [3.8, 4) is 5.75 Å². The number of ether oxygens (including phenoxy) is 1. The van der Waals surface area contributed by atoms with Gasteiger partial charge in [-0.05, 0) is 68.0 Å². The molecule has 2 amide bonds. The lowest BCUT2D eigenvalue weighted by Crippen LogP contribution is -2.39. The van der Waals surface area contributed by atoms with Crippen LogP contribution in [0, 0.1) is 11.8 Å². The fraction of sp³-hybridized carbons (Fsp3) is 0.391. The summed E-state index contributed by atoms with van der Waals surface area (Å²) in [5.74, 6) is 0.284. The molecule has 1 aliphatic rings. The third kappa shape index (κ3) is 6.80. The zero-order chi connectivity index (χ0) is 23.0. The van der Waals surface area contributed by atoms with E-state index in [-0.39, 0.29) is 35.1 Å². The van der Waals surface area contributed by atoms with E-state index in [0.29, 0.717) is 30.8 Å². The Bertz CT molecular complexity index is 1000. The molecule has 0 unspecified atom stereocenters. The normalized spacial score (nSPS) is 18.5. The van der Waals surface area contributed by atoms with Crippen LogP contribution in [0.5, 0.6) is 5.75 Å². The fourth-order valence-electron chi connectivity index (χ4n) is 3.73. The summed E-state index contributed by atoms with van der Waals surface area (Å²) in [6.07, 6.45) is 2.86. The van der Waals surface area contributed by atoms with Crippen LogP contribution in [-0.2, 0) is 19.6 Å². The van der Waals surface area contributed by atoms with E-state index in [1.54, 1.807) is 61.7 Å². The zero-order valence-electron chi connectivity index (χ0n) is 18.0. The van der Waals surface area contributed by atoms with Gasteiger partial charge in [0, 0.05) is 18.2 Å². The van der Waals surface area contributed by atoms with Crippen molar-refractivity contribution in [1.82, 2.24) is 10.0 Å². The summed E-state index contributed by atoms with van der Waals surface area (Å²) < 4.78 is 32.4. The highest BCUT2D eigenvalue weighted by Gasteiger charge is 2.27. The first-order valence-electron chi connectivity index (χ1n) is 10.6. The standard InChI is InChI=1S/C23H29N3O5S/c1-31-20-13-11-19(12-14-20)26-22(27)16-24-23(28)18-9-7-17(8-10-18)15-25-32(29,30)21-5-3-2-4-6-21/h2-6,11-14,17-18,25H,7-10,15-16H2,1H3,(H,24,28)(H,26,27). The number of rotatable bonds is 9. The lowest BCUT2D eigenvalue weighted by molar-refractivity contribution is -0.128. The SMILES string of the molecule is COc1ccc(NC(=O)CNC(=O)C2CCC(CNS(=O)(=O)c3ccccc3)CC2)cc1. The van der Waals surface area contributed by atoms with E-state index in [0.717, 1.165) is 12.8 Å². The lowest BCUT2D eigenvalue weighted by atomic mass is 9.81. The topological polar surface area (TPSA) is 114 Å². The molecular formula is C23H29N3O5S. The van der Waals surface area contributed by atoms with E-state index in [4.69, 9.17) is 4.74 Å². The second kappa shape index (κ2) is 11.1. The summed E-state index contributed by atoms with van der Waals surface area (Å²) in [6, 6.07) is 15.2. The molecular weight excluding hydrogens is 430 g/mol. The first-order valence-corrected chi connectivity index (χ1v) is 12.1. The molecule has 0 bridgehead atoms. The first-order chi connectivity index (χ1) is 15.4. The summed E-state index contributed by atoms with van der Waals surface area (Å²) in [4.78, 5) is 24.8. The Hall–Kier alpha value is -2.91. The van der Waals surface area contributed by atoms with Gasteiger partial charge in [0.1, 0.15) is 5.75 Å². The van der Waals surface area contributed by atoms with Gasteiger partial charge in [-0.15, -0.1) is 0 Å². The van der Waals surface area contributed by atoms with Gasteiger partial charge in [-0.25, -0.2) is 13.1 Å². The van der Waals surface area contributed by atoms with Crippen LogP contribution < -0.4 is 20.1 Å². The molecule has 1 saturated carbocycles. The summed E-state index contributed by atoms with van der Waals surface area (Å²) >= 11 is 0. The zero-order valence-corrected chi connectivity index (χ0v) is 18.9. The maximum absolute atomic E-state index is 12.4. The molecule has 172 valence electrons. The quantitative estimate of drug-likeness (QED) is 0.533. The van der Waals surface area contributed by atoms with Gasteiger partial charge in [0.05, 0.1) is 18.6 Å². The molecule has 1 fully saturated rings. The first kappa shape index (κ1) is 23.7. The third-order valence-electron chi connectivity index (χ3n) is 5.63. The van der Waals surface area contributed by atoms with E-state index in [2.05, 4.69) is 15.4 Å². The summed E-state index contributed by atoms with van der Waals surface area (Å²) in [6.45, 7) is 0.261. The maximum atomic E-state index is 12.4. The molecule has 0 saturated heterocycles. The second-order valence-corrected chi connectivity index (χ2v) is 9.64. The number of sulfonamides is 1. The largest absolute Gasteiger partial charge is 0.497 e. The van der Waals surface area contributed by atoms with Gasteiger partial charge < -0.3 is 15.4 Å². The molecule has 3 rings (SSSR count). The molecule has 32 heavy (non-hydrogen) atoms. The van der Waals surface area contributed by atoms with Gasteiger partial charge in [0.25, 0.3) is 0 Å². The number of anilines is 1. The minimum atomic E-state index is -3.52. The van der Waals surface area contributed by atoms with Crippen LogP contribution in [0.3, 0.4) is 0 Å². The fourth-order valence-corrected chi connectivity index (χ4v) is 4.87. The van der Waals surface area contributed by atoms with Crippen molar-refractivity contribution in [3.63, 3.8) is 0 Å². The number of methoxy groups -OCH3 is 1. The Kier molecular flexibility index (Phi) is 8.24. The molecule has 2 aromatic carbocycles. The van der Waals surface area contributed by atoms with Gasteiger partial charge >= 0.3 is 0 Å². The van der Waals surface area contributed by atoms with E-state index >= 15 is 0 Å². The van der Waals surface area contributed by atoms with Gasteiger partial charge in [0.2, 0.25) is 21.8 Å². The number of amides is 2. The predicted molar refractivity (Wildman–Crippen MR) is 122 cm³/mol. The molecule has 0 aromatic heterocycles. The van der Waals surface area contributed by atoms with Crippen molar-refractivity contribution in [1.29, 1.82) is 0 Å². The molecule has 0 aliphatic heterocycles. The van der Waals surface area contributed by atoms with Crippen LogP contribution in [-0.4, -0.2) is 40.4 Å². The molecule has 0 spiro atoms. The van der Waals surface area contributed by atoms with Crippen LogP contribution in [0.4, 0.5) is 5.69 Å². The number of benzene rings is 2. The van der Waals surface area contributed by atoms with Crippen molar-refractivity contribution in [2.75, 3.05) is 25.5 Å². The van der Waals surface area contributed by atoms with Crippen LogP contribution in [0.15, 0.2) is 59.5 Å². The lowest BCUT2D eigenvalue weighted by Gasteiger charge is -2.27. The third-order valence-corrected chi connectivity index (χ3v) is 7.07. The van der Waals surface area contributed by atoms with Crippen LogP contribution >= 0.6 is 0 Å². The Balaban J connectivity index is 1.37. The van der Waals surface area contributed by atoms with Gasteiger partial charge in [-0.2, -0.15) is 0 Å². The van der Waals surface area contributed by atoms with Crippen LogP contribution in [0.2, 0.25) is 0 Å². The average molecular weight is 460 g/mol. The Morgan fingerprint density at radius 1 is 0.969 bits per heavy atom. The molecule has 0 atom stereocenters. The van der Waals surface area contributed by atoms with Gasteiger partial charge in [-0.3, -0.25) is 9.59 Å². The minimum Gasteiger partial charge on any atom is -0.497 e. The molecule has 3 N–H and O–H groups in total. The van der Waals surface area contributed by atoms with Gasteiger partial charge in [0.15, 0.2) is 0 Å². The second-order valence-electron chi connectivity index (χ2n) is 7.88. The number of carbonyl (C=O) groups is 2. The molecule has 0 radical (unpaired) electrons. The molecule has 2 aromatic rings. The average Bonchev–Trinajstić information content (AvgIpc) is 2.82. The smallest absolute Gasteiger partial charge is 0.243 e. The van der Waals surface area contributed by atoms with Crippen molar-refractivity contribution >= 4 is 27.5 Å². The van der Waals surface area contributed by atoms with E-state index in [1.165, 1.54) is 0 Å². The highest BCUT2D eigenvalue weighted by Crippen LogP contribution is 2.28. The summed E-state index contributed by atoms with van der Waals surface area (Å²) in [5, 5.41) is 5.43. The molecule has 1 aliphatic carbocycles. The van der Waals surface area contributed by atoms with Crippen molar-refractivity contribution in [2.45, 2.75) is 30.6 Å². The number of carbonyl (C=O) groups excluding carboxylic acids is 2. The predicted octanol–water partition coefficient (Wildman–Crippen LogP) is 2.53. The van der Waals surface area contributed by atoms with Crippen molar-refractivity contribution in [3.05, 3.63) is 54.6 Å². The van der Waals surface area contributed by atoms with E-state index in [9.17, 15) is 18.0 Å². The summed E-state index contributed by atoms with van der Waals surface area (Å²) in [7, 11) is -1.95.